The molecule has 1 aliphatic rings. The van der Waals surface area contributed by atoms with Gasteiger partial charge in [0, 0.05) is 37.3 Å². The van der Waals surface area contributed by atoms with Gasteiger partial charge in [-0.05, 0) is 49.4 Å². The SMILES string of the molecule is Cc1ccc(-c2cc(C(=O)N3CCN(c4cccc(C(F)(F)F)c4)CC3)c3ccccc3n2)o1. The van der Waals surface area contributed by atoms with Gasteiger partial charge in [0.2, 0.25) is 0 Å². The summed E-state index contributed by atoms with van der Waals surface area (Å²) in [5.41, 5.74) is 1.64. The maximum absolute atomic E-state index is 13.5. The van der Waals surface area contributed by atoms with Crippen LogP contribution in [0.5, 0.6) is 0 Å². The Morgan fingerprint density at radius 2 is 1.71 bits per heavy atom. The van der Waals surface area contributed by atoms with E-state index in [0.717, 1.165) is 23.3 Å². The highest BCUT2D eigenvalue weighted by Crippen LogP contribution is 2.32. The third-order valence-corrected chi connectivity index (χ3v) is 6.04. The lowest BCUT2D eigenvalue weighted by molar-refractivity contribution is -0.137. The van der Waals surface area contributed by atoms with Gasteiger partial charge in [-0.15, -0.1) is 0 Å². The van der Waals surface area contributed by atoms with Crippen LogP contribution in [-0.4, -0.2) is 42.0 Å². The number of hydrogen-bond donors (Lipinski definition) is 0. The van der Waals surface area contributed by atoms with E-state index in [1.165, 1.54) is 6.07 Å². The van der Waals surface area contributed by atoms with Crippen molar-refractivity contribution >= 4 is 22.5 Å². The zero-order valence-corrected chi connectivity index (χ0v) is 18.5. The molecule has 3 heterocycles. The maximum Gasteiger partial charge on any atom is 0.416 e. The van der Waals surface area contributed by atoms with E-state index in [0.29, 0.717) is 54.4 Å². The van der Waals surface area contributed by atoms with Crippen LogP contribution in [0.4, 0.5) is 18.9 Å². The van der Waals surface area contributed by atoms with Crippen molar-refractivity contribution < 1.29 is 22.4 Å². The van der Waals surface area contributed by atoms with Crippen molar-refractivity contribution in [3.05, 3.63) is 83.6 Å². The minimum absolute atomic E-state index is 0.133. The average Bonchev–Trinajstić information content (AvgIpc) is 3.29. The lowest BCUT2D eigenvalue weighted by Crippen LogP contribution is -2.48. The number of para-hydroxylation sites is 1. The first kappa shape index (κ1) is 22.0. The first-order valence-corrected chi connectivity index (χ1v) is 11.0. The largest absolute Gasteiger partial charge is 0.460 e. The average molecular weight is 465 g/mol. The smallest absolute Gasteiger partial charge is 0.416 e. The minimum atomic E-state index is -4.39. The number of aryl methyl sites for hydroxylation is 1. The van der Waals surface area contributed by atoms with Crippen LogP contribution in [0.25, 0.3) is 22.4 Å². The van der Waals surface area contributed by atoms with Gasteiger partial charge < -0.3 is 14.2 Å². The summed E-state index contributed by atoms with van der Waals surface area (Å²) in [7, 11) is 0. The number of nitrogens with zero attached hydrogens (tertiary/aromatic N) is 3. The molecule has 1 saturated heterocycles. The predicted molar refractivity (Wildman–Crippen MR) is 124 cm³/mol. The molecule has 0 saturated carbocycles. The van der Waals surface area contributed by atoms with Gasteiger partial charge in [-0.25, -0.2) is 4.98 Å². The molecular weight excluding hydrogens is 443 g/mol. The molecule has 34 heavy (non-hydrogen) atoms. The van der Waals surface area contributed by atoms with Crippen molar-refractivity contribution in [3.63, 3.8) is 0 Å². The zero-order valence-electron chi connectivity index (χ0n) is 18.5. The molecule has 0 unspecified atom stereocenters. The summed E-state index contributed by atoms with van der Waals surface area (Å²) in [6.45, 7) is 3.54. The third-order valence-electron chi connectivity index (χ3n) is 6.04. The molecule has 0 atom stereocenters. The van der Waals surface area contributed by atoms with Crippen LogP contribution in [0, 0.1) is 6.92 Å². The number of pyridine rings is 1. The molecule has 8 heteroatoms. The van der Waals surface area contributed by atoms with Crippen molar-refractivity contribution in [1.29, 1.82) is 0 Å². The zero-order chi connectivity index (χ0) is 23.9. The summed E-state index contributed by atoms with van der Waals surface area (Å²) >= 11 is 0. The van der Waals surface area contributed by atoms with E-state index in [1.54, 1.807) is 17.0 Å². The molecule has 0 N–H and O–H groups in total. The third kappa shape index (κ3) is 4.23. The number of carbonyl (C=O) groups is 1. The highest BCUT2D eigenvalue weighted by molar-refractivity contribution is 6.07. The van der Waals surface area contributed by atoms with Crippen LogP contribution >= 0.6 is 0 Å². The van der Waals surface area contributed by atoms with Crippen LogP contribution in [0.3, 0.4) is 0 Å². The standard InChI is InChI=1S/C26H22F3N3O2/c1-17-9-10-24(34-17)23-16-21(20-7-2-3-8-22(20)30-23)25(33)32-13-11-31(12-14-32)19-6-4-5-18(15-19)26(27,28)29/h2-10,15-16H,11-14H2,1H3. The minimum Gasteiger partial charge on any atom is -0.460 e. The molecule has 2 aromatic carbocycles. The van der Waals surface area contributed by atoms with Crippen LogP contribution in [0.1, 0.15) is 21.7 Å². The van der Waals surface area contributed by atoms with Crippen LogP contribution in [0.2, 0.25) is 0 Å². The van der Waals surface area contributed by atoms with Gasteiger partial charge in [-0.3, -0.25) is 4.79 Å². The number of piperazine rings is 1. The molecule has 1 amide bonds. The van der Waals surface area contributed by atoms with E-state index in [4.69, 9.17) is 4.42 Å². The first-order valence-electron chi connectivity index (χ1n) is 11.0. The fourth-order valence-corrected chi connectivity index (χ4v) is 4.27. The summed E-state index contributed by atoms with van der Waals surface area (Å²) in [6.07, 6.45) is -4.39. The van der Waals surface area contributed by atoms with Gasteiger partial charge in [0.1, 0.15) is 11.5 Å². The van der Waals surface area contributed by atoms with E-state index < -0.39 is 11.7 Å². The Morgan fingerprint density at radius 3 is 2.41 bits per heavy atom. The molecule has 0 bridgehead atoms. The van der Waals surface area contributed by atoms with Gasteiger partial charge in [-0.1, -0.05) is 24.3 Å². The quantitative estimate of drug-likeness (QED) is 0.385. The van der Waals surface area contributed by atoms with Crippen LogP contribution in [-0.2, 0) is 6.18 Å². The lowest BCUT2D eigenvalue weighted by Gasteiger charge is -2.36. The fourth-order valence-electron chi connectivity index (χ4n) is 4.27. The second-order valence-electron chi connectivity index (χ2n) is 8.31. The maximum atomic E-state index is 13.5. The van der Waals surface area contributed by atoms with E-state index in [2.05, 4.69) is 4.98 Å². The lowest BCUT2D eigenvalue weighted by atomic mass is 10.0. The van der Waals surface area contributed by atoms with Crippen molar-refractivity contribution in [2.45, 2.75) is 13.1 Å². The number of halogens is 3. The summed E-state index contributed by atoms with van der Waals surface area (Å²) in [5.74, 6) is 1.21. The number of furan rings is 1. The summed E-state index contributed by atoms with van der Waals surface area (Å²) in [4.78, 5) is 21.8. The highest BCUT2D eigenvalue weighted by atomic mass is 19.4. The summed E-state index contributed by atoms with van der Waals surface area (Å²) in [5, 5.41) is 0.750. The Hall–Kier alpha value is -3.81. The molecule has 0 spiro atoms. The van der Waals surface area contributed by atoms with Gasteiger partial charge in [0.15, 0.2) is 5.76 Å². The number of alkyl halides is 3. The Labute approximate surface area is 194 Å². The molecule has 1 fully saturated rings. The van der Waals surface area contributed by atoms with Crippen molar-refractivity contribution in [2.24, 2.45) is 0 Å². The fraction of sp³-hybridized carbons (Fsp3) is 0.231. The van der Waals surface area contributed by atoms with Gasteiger partial charge in [-0.2, -0.15) is 13.2 Å². The van der Waals surface area contributed by atoms with Crippen molar-refractivity contribution in [3.8, 4) is 11.5 Å². The Balaban J connectivity index is 1.39. The van der Waals surface area contributed by atoms with Gasteiger partial charge in [0.05, 0.1) is 16.6 Å². The predicted octanol–water partition coefficient (Wildman–Crippen LogP) is 5.78. The summed E-state index contributed by atoms with van der Waals surface area (Å²) in [6, 6.07) is 18.2. The molecule has 0 aliphatic carbocycles. The number of benzene rings is 2. The molecule has 5 rings (SSSR count). The molecule has 174 valence electrons. The van der Waals surface area contributed by atoms with Crippen LogP contribution < -0.4 is 4.90 Å². The number of fused-ring (bicyclic) bond motifs is 1. The molecular formula is C26H22F3N3O2. The van der Waals surface area contributed by atoms with Gasteiger partial charge in [0.25, 0.3) is 5.91 Å². The highest BCUT2D eigenvalue weighted by Gasteiger charge is 2.31. The Morgan fingerprint density at radius 1 is 0.941 bits per heavy atom. The number of amides is 1. The second kappa shape index (κ2) is 8.52. The van der Waals surface area contributed by atoms with E-state index in [9.17, 15) is 18.0 Å². The Bertz CT molecular complexity index is 1350. The summed E-state index contributed by atoms with van der Waals surface area (Å²) < 4.78 is 45.0. The van der Waals surface area contributed by atoms with Gasteiger partial charge >= 0.3 is 6.18 Å². The topological polar surface area (TPSA) is 49.6 Å². The normalized spacial score (nSPS) is 14.6. The molecule has 5 nitrogen and oxygen atoms in total. The monoisotopic (exact) mass is 465 g/mol. The van der Waals surface area contributed by atoms with E-state index >= 15 is 0 Å². The molecule has 2 aromatic heterocycles. The molecule has 4 aromatic rings. The van der Waals surface area contributed by atoms with E-state index in [-0.39, 0.29) is 5.91 Å². The number of rotatable bonds is 3. The first-order chi connectivity index (χ1) is 16.3. The Kier molecular flexibility index (Phi) is 5.51. The van der Waals surface area contributed by atoms with Crippen LogP contribution in [0.15, 0.2) is 71.1 Å². The number of hydrogen-bond acceptors (Lipinski definition) is 4. The number of anilines is 1. The number of aromatic nitrogens is 1. The van der Waals surface area contributed by atoms with E-state index in [1.807, 2.05) is 48.2 Å². The van der Waals surface area contributed by atoms with Crippen molar-refractivity contribution in [1.82, 2.24) is 9.88 Å². The van der Waals surface area contributed by atoms with Crippen molar-refractivity contribution in [2.75, 3.05) is 31.1 Å². The molecule has 0 radical (unpaired) electrons. The molecule has 1 aliphatic heterocycles. The number of carbonyl (C=O) groups excluding carboxylic acids is 1. The second-order valence-corrected chi connectivity index (χ2v) is 8.31.